The van der Waals surface area contributed by atoms with Crippen molar-refractivity contribution in [2.75, 3.05) is 13.1 Å². The van der Waals surface area contributed by atoms with Crippen LogP contribution in [-0.4, -0.2) is 58.0 Å². The van der Waals surface area contributed by atoms with Gasteiger partial charge >= 0.3 is 11.9 Å². The van der Waals surface area contributed by atoms with E-state index >= 15 is 0 Å². The fourth-order valence-electron chi connectivity index (χ4n) is 2.12. The van der Waals surface area contributed by atoms with Gasteiger partial charge in [-0.05, 0) is 12.8 Å². The van der Waals surface area contributed by atoms with Gasteiger partial charge in [0, 0.05) is 25.9 Å². The maximum atomic E-state index is 11.9. The number of nitrogens with one attached hydrogen (secondary N) is 1. The van der Waals surface area contributed by atoms with Crippen molar-refractivity contribution in [2.24, 2.45) is 5.92 Å². The molecule has 0 saturated carbocycles. The standard InChI is InChI=1S/C12H18N2O6/c1-7(15)14-4-2-8(3-5-14)11(18)13-9(12(19)20)6-10(16)17/h8-9H,2-6H2,1H3,(H,13,18)(H,16,17)(H,19,20). The normalized spacial score (nSPS) is 17.4. The minimum absolute atomic E-state index is 0.0573. The lowest BCUT2D eigenvalue weighted by molar-refractivity contribution is -0.148. The third kappa shape index (κ3) is 4.52. The van der Waals surface area contributed by atoms with Crippen LogP contribution in [0.5, 0.6) is 0 Å². The Hall–Kier alpha value is -2.12. The fraction of sp³-hybridized carbons (Fsp3) is 0.667. The molecule has 1 aliphatic rings. The van der Waals surface area contributed by atoms with Gasteiger partial charge in [-0.3, -0.25) is 14.4 Å². The molecule has 1 atom stereocenters. The molecule has 8 heteroatoms. The van der Waals surface area contributed by atoms with Gasteiger partial charge in [0.2, 0.25) is 11.8 Å². The summed E-state index contributed by atoms with van der Waals surface area (Å²) in [7, 11) is 0. The van der Waals surface area contributed by atoms with E-state index in [1.807, 2.05) is 0 Å². The summed E-state index contributed by atoms with van der Waals surface area (Å²) in [5, 5.41) is 19.7. The van der Waals surface area contributed by atoms with E-state index in [2.05, 4.69) is 5.32 Å². The van der Waals surface area contributed by atoms with Crippen LogP contribution in [0.2, 0.25) is 0 Å². The Morgan fingerprint density at radius 1 is 1.20 bits per heavy atom. The highest BCUT2D eigenvalue weighted by Crippen LogP contribution is 2.17. The number of aliphatic carboxylic acids is 2. The van der Waals surface area contributed by atoms with Crippen LogP contribution in [0.15, 0.2) is 0 Å². The summed E-state index contributed by atoms with van der Waals surface area (Å²) in [6, 6.07) is -1.43. The smallest absolute Gasteiger partial charge is 0.326 e. The molecule has 0 bridgehead atoms. The molecule has 2 amide bonds. The maximum absolute atomic E-state index is 11.9. The largest absolute Gasteiger partial charge is 0.481 e. The average Bonchev–Trinajstić information content (AvgIpc) is 2.37. The van der Waals surface area contributed by atoms with E-state index in [9.17, 15) is 19.2 Å². The van der Waals surface area contributed by atoms with Gasteiger partial charge in [-0.2, -0.15) is 0 Å². The molecule has 0 aliphatic carbocycles. The first kappa shape index (κ1) is 15.9. The van der Waals surface area contributed by atoms with Crippen molar-refractivity contribution in [3.63, 3.8) is 0 Å². The van der Waals surface area contributed by atoms with Crippen molar-refractivity contribution in [1.82, 2.24) is 10.2 Å². The molecule has 1 aliphatic heterocycles. The predicted molar refractivity (Wildman–Crippen MR) is 66.8 cm³/mol. The Bertz CT molecular complexity index is 414. The Balaban J connectivity index is 2.52. The lowest BCUT2D eigenvalue weighted by Crippen LogP contribution is -2.47. The van der Waals surface area contributed by atoms with E-state index in [-0.39, 0.29) is 11.8 Å². The van der Waals surface area contributed by atoms with Crippen LogP contribution in [0.3, 0.4) is 0 Å². The summed E-state index contributed by atoms with van der Waals surface area (Å²) in [4.78, 5) is 46.1. The molecule has 1 fully saturated rings. The highest BCUT2D eigenvalue weighted by atomic mass is 16.4. The number of nitrogens with zero attached hydrogens (tertiary/aromatic N) is 1. The number of carbonyl (C=O) groups is 4. The van der Waals surface area contributed by atoms with Crippen molar-refractivity contribution in [1.29, 1.82) is 0 Å². The highest BCUT2D eigenvalue weighted by molar-refractivity contribution is 5.87. The number of rotatable bonds is 5. The average molecular weight is 286 g/mol. The third-order valence-electron chi connectivity index (χ3n) is 3.30. The molecule has 0 aromatic rings. The van der Waals surface area contributed by atoms with Crippen molar-refractivity contribution in [2.45, 2.75) is 32.2 Å². The van der Waals surface area contributed by atoms with E-state index in [0.29, 0.717) is 25.9 Å². The second kappa shape index (κ2) is 6.88. The minimum atomic E-state index is -1.43. The van der Waals surface area contributed by atoms with Gasteiger partial charge in [0.05, 0.1) is 6.42 Å². The van der Waals surface area contributed by atoms with Crippen LogP contribution in [0.4, 0.5) is 0 Å². The number of carboxylic acids is 2. The summed E-state index contributed by atoms with van der Waals surface area (Å²) in [5.74, 6) is -3.58. The Morgan fingerprint density at radius 3 is 2.15 bits per heavy atom. The summed E-state index contributed by atoms with van der Waals surface area (Å²) < 4.78 is 0. The van der Waals surface area contributed by atoms with Crippen LogP contribution in [0, 0.1) is 5.92 Å². The van der Waals surface area contributed by atoms with Crippen LogP contribution < -0.4 is 5.32 Å². The molecule has 112 valence electrons. The Labute approximate surface area is 115 Å². The molecule has 20 heavy (non-hydrogen) atoms. The summed E-state index contributed by atoms with van der Waals surface area (Å²) >= 11 is 0. The molecule has 8 nitrogen and oxygen atoms in total. The van der Waals surface area contributed by atoms with Gasteiger partial charge in [-0.15, -0.1) is 0 Å². The zero-order chi connectivity index (χ0) is 15.3. The van der Waals surface area contributed by atoms with E-state index < -0.39 is 30.3 Å². The summed E-state index contributed by atoms with van der Waals surface area (Å²) in [6.45, 7) is 2.35. The summed E-state index contributed by atoms with van der Waals surface area (Å²) in [6.07, 6.45) is 0.239. The first-order valence-corrected chi connectivity index (χ1v) is 6.31. The number of likely N-dealkylation sites (tertiary alicyclic amines) is 1. The SMILES string of the molecule is CC(=O)N1CCC(C(=O)NC(CC(=O)O)C(=O)O)CC1. The van der Waals surface area contributed by atoms with Crippen molar-refractivity contribution < 1.29 is 29.4 Å². The van der Waals surface area contributed by atoms with Gasteiger partial charge in [0.1, 0.15) is 6.04 Å². The van der Waals surface area contributed by atoms with E-state index in [1.54, 1.807) is 4.90 Å². The Kier molecular flexibility index (Phi) is 5.48. The number of amides is 2. The van der Waals surface area contributed by atoms with Crippen LogP contribution in [-0.2, 0) is 19.2 Å². The zero-order valence-corrected chi connectivity index (χ0v) is 11.2. The Morgan fingerprint density at radius 2 is 1.75 bits per heavy atom. The summed E-state index contributed by atoms with van der Waals surface area (Å²) in [5.41, 5.74) is 0. The minimum Gasteiger partial charge on any atom is -0.481 e. The predicted octanol–water partition coefficient (Wildman–Crippen LogP) is -0.711. The number of carbonyl (C=O) groups excluding carboxylic acids is 2. The monoisotopic (exact) mass is 286 g/mol. The van der Waals surface area contributed by atoms with E-state index in [1.165, 1.54) is 6.92 Å². The molecular weight excluding hydrogens is 268 g/mol. The molecule has 1 heterocycles. The molecular formula is C12H18N2O6. The van der Waals surface area contributed by atoms with Gasteiger partial charge < -0.3 is 20.4 Å². The molecule has 1 saturated heterocycles. The molecule has 1 unspecified atom stereocenters. The van der Waals surface area contributed by atoms with Crippen molar-refractivity contribution >= 4 is 23.8 Å². The lowest BCUT2D eigenvalue weighted by atomic mass is 9.95. The first-order valence-electron chi connectivity index (χ1n) is 6.31. The van der Waals surface area contributed by atoms with E-state index in [4.69, 9.17) is 10.2 Å². The van der Waals surface area contributed by atoms with Crippen LogP contribution in [0.1, 0.15) is 26.2 Å². The molecule has 0 aromatic carbocycles. The highest BCUT2D eigenvalue weighted by Gasteiger charge is 2.30. The van der Waals surface area contributed by atoms with Gasteiger partial charge in [0.15, 0.2) is 0 Å². The van der Waals surface area contributed by atoms with Gasteiger partial charge in [-0.25, -0.2) is 4.79 Å². The fourth-order valence-corrected chi connectivity index (χ4v) is 2.12. The molecule has 1 rings (SSSR count). The number of piperidine rings is 1. The van der Waals surface area contributed by atoms with Gasteiger partial charge in [0.25, 0.3) is 0 Å². The molecule has 3 N–H and O–H groups in total. The molecule has 0 radical (unpaired) electrons. The second-order valence-electron chi connectivity index (χ2n) is 4.78. The molecule has 0 aromatic heterocycles. The first-order chi connectivity index (χ1) is 9.31. The lowest BCUT2D eigenvalue weighted by Gasteiger charge is -2.31. The number of hydrogen-bond acceptors (Lipinski definition) is 4. The molecule has 0 spiro atoms. The maximum Gasteiger partial charge on any atom is 0.326 e. The number of carboxylic acid groups (broad SMARTS) is 2. The number of hydrogen-bond donors (Lipinski definition) is 3. The third-order valence-corrected chi connectivity index (χ3v) is 3.30. The van der Waals surface area contributed by atoms with Crippen LogP contribution in [0.25, 0.3) is 0 Å². The van der Waals surface area contributed by atoms with Crippen molar-refractivity contribution in [3.8, 4) is 0 Å². The van der Waals surface area contributed by atoms with E-state index in [0.717, 1.165) is 0 Å². The zero-order valence-electron chi connectivity index (χ0n) is 11.2. The quantitative estimate of drug-likeness (QED) is 0.613. The topological polar surface area (TPSA) is 124 Å². The van der Waals surface area contributed by atoms with Crippen molar-refractivity contribution in [3.05, 3.63) is 0 Å². The van der Waals surface area contributed by atoms with Gasteiger partial charge in [-0.1, -0.05) is 0 Å². The second-order valence-corrected chi connectivity index (χ2v) is 4.78. The van der Waals surface area contributed by atoms with Crippen LogP contribution >= 0.6 is 0 Å².